The fourth-order valence-corrected chi connectivity index (χ4v) is 0.556. The van der Waals surface area contributed by atoms with Gasteiger partial charge in [0.05, 0.1) is 5.97 Å². The maximum absolute atomic E-state index is 9.63. The Morgan fingerprint density at radius 2 is 2.43 bits per heavy atom. The van der Waals surface area contributed by atoms with Crippen molar-refractivity contribution in [3.8, 4) is 0 Å². The number of carbonyl (C=O) groups is 1. The predicted molar refractivity (Wildman–Crippen MR) is 28.0 cm³/mol. The first kappa shape index (κ1) is 6.82. The van der Waals surface area contributed by atoms with Crippen molar-refractivity contribution in [1.29, 1.82) is 0 Å². The minimum Gasteiger partial charge on any atom is -0.549 e. The minimum absolute atomic E-state index is 0.122. The zero-order chi connectivity index (χ0) is 5.70. The molecular weight excluding hydrogens is 112 g/mol. The largest absolute Gasteiger partial charge is 0.549 e. The van der Waals surface area contributed by atoms with Gasteiger partial charge in [-0.3, -0.25) is 0 Å². The third kappa shape index (κ3) is 5.82. The van der Waals surface area contributed by atoms with Crippen molar-refractivity contribution in [3.05, 3.63) is 0 Å². The lowest BCUT2D eigenvalue weighted by atomic mass is 10.8. The zero-order valence-corrected chi connectivity index (χ0v) is 4.96. The molecule has 0 saturated heterocycles. The zero-order valence-electron chi connectivity index (χ0n) is 4.14. The van der Waals surface area contributed by atoms with Crippen LogP contribution in [-0.4, -0.2) is 17.5 Å². The number of carboxylic acid groups (broad SMARTS) is 1. The van der Waals surface area contributed by atoms with Crippen molar-refractivity contribution >= 4 is 17.7 Å². The van der Waals surface area contributed by atoms with Crippen LogP contribution in [0.4, 0.5) is 0 Å². The average Bonchev–Trinajstić information content (AvgIpc) is 1.61. The van der Waals surface area contributed by atoms with Crippen LogP contribution in [0.2, 0.25) is 0 Å². The van der Waals surface area contributed by atoms with Gasteiger partial charge in [0.25, 0.3) is 0 Å². The third-order valence-corrected chi connectivity index (χ3v) is 1.27. The number of hydrogen-bond acceptors (Lipinski definition) is 3. The van der Waals surface area contributed by atoms with Gasteiger partial charge in [0.15, 0.2) is 0 Å². The Kier molecular flexibility index (Phi) is 3.89. The van der Waals surface area contributed by atoms with Gasteiger partial charge in [-0.1, -0.05) is 6.92 Å². The standard InChI is InChI=1S/C4H8O2S/c1-2-7-3-4(5)6/h2-3H2,1H3,(H,5,6)/p-1. The molecule has 0 aromatic heterocycles. The topological polar surface area (TPSA) is 40.1 Å². The van der Waals surface area contributed by atoms with E-state index in [4.69, 9.17) is 0 Å². The van der Waals surface area contributed by atoms with Gasteiger partial charge < -0.3 is 9.90 Å². The molecule has 0 aliphatic rings. The number of hydrogen-bond donors (Lipinski definition) is 0. The Balaban J connectivity index is 2.82. The van der Waals surface area contributed by atoms with Crippen LogP contribution in [0.1, 0.15) is 6.92 Å². The summed E-state index contributed by atoms with van der Waals surface area (Å²) < 4.78 is 0. The van der Waals surface area contributed by atoms with Crippen LogP contribution in [0, 0.1) is 0 Å². The number of aliphatic carboxylic acids is 1. The molecule has 42 valence electrons. The molecule has 0 saturated carbocycles. The van der Waals surface area contributed by atoms with Gasteiger partial charge in [-0.25, -0.2) is 0 Å². The minimum atomic E-state index is -0.980. The summed E-state index contributed by atoms with van der Waals surface area (Å²) in [6.07, 6.45) is 0. The van der Waals surface area contributed by atoms with Crippen LogP contribution in [0.5, 0.6) is 0 Å². The molecule has 0 rings (SSSR count). The molecule has 0 fully saturated rings. The second-order valence-electron chi connectivity index (χ2n) is 1.01. The first-order valence-corrected chi connectivity index (χ1v) is 3.20. The van der Waals surface area contributed by atoms with Crippen molar-refractivity contribution in [2.24, 2.45) is 0 Å². The van der Waals surface area contributed by atoms with Crippen molar-refractivity contribution in [1.82, 2.24) is 0 Å². The van der Waals surface area contributed by atoms with Crippen molar-refractivity contribution in [2.45, 2.75) is 6.92 Å². The number of rotatable bonds is 3. The van der Waals surface area contributed by atoms with E-state index >= 15 is 0 Å². The van der Waals surface area contributed by atoms with E-state index in [1.165, 1.54) is 11.8 Å². The van der Waals surface area contributed by atoms with E-state index < -0.39 is 5.97 Å². The molecule has 0 amide bonds. The first-order chi connectivity index (χ1) is 3.27. The lowest BCUT2D eigenvalue weighted by Gasteiger charge is -1.95. The molecule has 7 heavy (non-hydrogen) atoms. The maximum atomic E-state index is 9.63. The second-order valence-corrected chi connectivity index (χ2v) is 2.28. The normalized spacial score (nSPS) is 8.71. The van der Waals surface area contributed by atoms with Gasteiger partial charge in [-0.2, -0.15) is 11.8 Å². The van der Waals surface area contributed by atoms with E-state index in [1.54, 1.807) is 0 Å². The molecule has 0 aliphatic carbocycles. The van der Waals surface area contributed by atoms with E-state index in [1.807, 2.05) is 6.92 Å². The quantitative estimate of drug-likeness (QED) is 0.502. The van der Waals surface area contributed by atoms with Crippen LogP contribution in [0.15, 0.2) is 0 Å². The van der Waals surface area contributed by atoms with E-state index in [2.05, 4.69) is 0 Å². The van der Waals surface area contributed by atoms with Gasteiger partial charge >= 0.3 is 0 Å². The Morgan fingerprint density at radius 1 is 1.86 bits per heavy atom. The molecule has 2 nitrogen and oxygen atoms in total. The fraction of sp³-hybridized carbons (Fsp3) is 0.750. The number of thioether (sulfide) groups is 1. The lowest BCUT2D eigenvalue weighted by Crippen LogP contribution is -2.24. The summed E-state index contributed by atoms with van der Waals surface area (Å²) in [6.45, 7) is 1.91. The average molecular weight is 119 g/mol. The monoisotopic (exact) mass is 119 g/mol. The molecule has 0 spiro atoms. The lowest BCUT2D eigenvalue weighted by molar-refractivity contribution is -0.301. The van der Waals surface area contributed by atoms with Crippen molar-refractivity contribution < 1.29 is 9.90 Å². The maximum Gasteiger partial charge on any atom is 0.0513 e. The van der Waals surface area contributed by atoms with Crippen LogP contribution in [-0.2, 0) is 4.79 Å². The molecule has 0 heterocycles. The summed E-state index contributed by atoms with van der Waals surface area (Å²) in [5, 5.41) is 9.63. The van der Waals surface area contributed by atoms with Gasteiger partial charge in [-0.15, -0.1) is 0 Å². The molecule has 3 heteroatoms. The SMILES string of the molecule is CCSCC(=O)[O-]. The molecule has 0 bridgehead atoms. The molecule has 0 aromatic rings. The van der Waals surface area contributed by atoms with E-state index in [-0.39, 0.29) is 5.75 Å². The molecule has 0 N–H and O–H groups in total. The van der Waals surface area contributed by atoms with Crippen LogP contribution < -0.4 is 5.11 Å². The molecule has 0 aromatic carbocycles. The summed E-state index contributed by atoms with van der Waals surface area (Å²) in [6, 6.07) is 0. The van der Waals surface area contributed by atoms with E-state index in [0.717, 1.165) is 5.75 Å². The molecule has 0 unspecified atom stereocenters. The van der Waals surface area contributed by atoms with Crippen LogP contribution in [0.25, 0.3) is 0 Å². The highest BCUT2D eigenvalue weighted by atomic mass is 32.2. The highest BCUT2D eigenvalue weighted by Gasteiger charge is 1.80. The summed E-state index contributed by atoms with van der Waals surface area (Å²) in [5.74, 6) is -0.0170. The van der Waals surface area contributed by atoms with Crippen molar-refractivity contribution in [2.75, 3.05) is 11.5 Å². The second kappa shape index (κ2) is 3.99. The van der Waals surface area contributed by atoms with Crippen molar-refractivity contribution in [3.63, 3.8) is 0 Å². The summed E-state index contributed by atoms with van der Waals surface area (Å²) in [5.41, 5.74) is 0. The van der Waals surface area contributed by atoms with E-state index in [0.29, 0.717) is 0 Å². The molecule has 0 aliphatic heterocycles. The Labute approximate surface area is 46.9 Å². The first-order valence-electron chi connectivity index (χ1n) is 2.05. The molecule has 0 radical (unpaired) electrons. The van der Waals surface area contributed by atoms with Crippen LogP contribution >= 0.6 is 11.8 Å². The number of carbonyl (C=O) groups excluding carboxylic acids is 1. The summed E-state index contributed by atoms with van der Waals surface area (Å²) >= 11 is 1.35. The smallest absolute Gasteiger partial charge is 0.0513 e. The van der Waals surface area contributed by atoms with E-state index in [9.17, 15) is 9.90 Å². The van der Waals surface area contributed by atoms with Gasteiger partial charge in [0.1, 0.15) is 0 Å². The predicted octanol–water partition coefficient (Wildman–Crippen LogP) is -0.511. The third-order valence-electron chi connectivity index (χ3n) is 0.424. The Morgan fingerprint density at radius 3 is 2.57 bits per heavy atom. The summed E-state index contributed by atoms with van der Waals surface area (Å²) in [4.78, 5) is 9.63. The molecule has 0 atom stereocenters. The Bertz CT molecular complexity index is 62.7. The highest BCUT2D eigenvalue weighted by Crippen LogP contribution is 1.94. The highest BCUT2D eigenvalue weighted by molar-refractivity contribution is 7.99. The van der Waals surface area contributed by atoms with Gasteiger partial charge in [0, 0.05) is 5.75 Å². The van der Waals surface area contributed by atoms with Crippen LogP contribution in [0.3, 0.4) is 0 Å². The number of carboxylic acids is 1. The van der Waals surface area contributed by atoms with Gasteiger partial charge in [-0.05, 0) is 5.75 Å². The Hall–Kier alpha value is -0.180. The summed E-state index contributed by atoms with van der Waals surface area (Å²) in [7, 11) is 0. The fourth-order valence-electron chi connectivity index (χ4n) is 0.185. The molecular formula is C4H7O2S-. The van der Waals surface area contributed by atoms with Gasteiger partial charge in [0.2, 0.25) is 0 Å².